The van der Waals surface area contributed by atoms with Crippen LogP contribution in [0.5, 0.6) is 5.75 Å². The molecule has 1 atom stereocenters. The van der Waals surface area contributed by atoms with Crippen molar-refractivity contribution in [2.24, 2.45) is 0 Å². The zero-order valence-electron chi connectivity index (χ0n) is 11.6. The number of para-hydroxylation sites is 2. The number of amides is 1. The predicted octanol–water partition coefficient (Wildman–Crippen LogP) is 0.569. The van der Waals surface area contributed by atoms with Crippen molar-refractivity contribution in [1.29, 1.82) is 0 Å². The van der Waals surface area contributed by atoms with E-state index in [0.717, 1.165) is 6.42 Å². The van der Waals surface area contributed by atoms with Crippen LogP contribution in [0.4, 0.5) is 5.69 Å². The Bertz CT molecular complexity index is 458. The van der Waals surface area contributed by atoms with Crippen molar-refractivity contribution in [3.8, 4) is 5.75 Å². The summed E-state index contributed by atoms with van der Waals surface area (Å²) in [7, 11) is 1.63. The largest absolute Gasteiger partial charge is 0.482 e. The van der Waals surface area contributed by atoms with Crippen molar-refractivity contribution in [1.82, 2.24) is 5.32 Å². The quantitative estimate of drug-likeness (QED) is 0.744. The van der Waals surface area contributed by atoms with Crippen LogP contribution in [0.1, 0.15) is 6.42 Å². The number of carbonyl (C=O) groups excluding carboxylic acids is 1. The summed E-state index contributed by atoms with van der Waals surface area (Å²) < 4.78 is 16.1. The van der Waals surface area contributed by atoms with E-state index >= 15 is 0 Å². The van der Waals surface area contributed by atoms with Gasteiger partial charge in [-0.15, -0.1) is 0 Å². The lowest BCUT2D eigenvalue weighted by Crippen LogP contribution is -2.46. The van der Waals surface area contributed by atoms with Crippen LogP contribution in [0.3, 0.4) is 0 Å². The Kier molecular flexibility index (Phi) is 4.81. The Morgan fingerprint density at radius 2 is 2.30 bits per heavy atom. The fraction of sp³-hybridized carbons (Fsp3) is 0.500. The molecule has 1 fully saturated rings. The first-order chi connectivity index (χ1) is 9.65. The number of anilines is 1. The highest BCUT2D eigenvalue weighted by atomic mass is 16.5. The predicted molar refractivity (Wildman–Crippen MR) is 74.5 cm³/mol. The molecule has 1 unspecified atom stereocenters. The van der Waals surface area contributed by atoms with E-state index in [9.17, 15) is 4.79 Å². The second-order valence-corrected chi connectivity index (χ2v) is 4.79. The zero-order valence-corrected chi connectivity index (χ0v) is 11.6. The summed E-state index contributed by atoms with van der Waals surface area (Å²) in [5.41, 5.74) is 5.83. The first-order valence-electron chi connectivity index (χ1n) is 6.52. The van der Waals surface area contributed by atoms with Crippen molar-refractivity contribution >= 4 is 11.6 Å². The van der Waals surface area contributed by atoms with Crippen LogP contribution in [-0.2, 0) is 14.3 Å². The van der Waals surface area contributed by atoms with Crippen LogP contribution in [0.25, 0.3) is 0 Å². The lowest BCUT2D eigenvalue weighted by molar-refractivity contribution is -0.124. The van der Waals surface area contributed by atoms with E-state index in [1.165, 1.54) is 0 Å². The van der Waals surface area contributed by atoms with Gasteiger partial charge < -0.3 is 25.3 Å². The van der Waals surface area contributed by atoms with Crippen molar-refractivity contribution in [2.45, 2.75) is 12.0 Å². The van der Waals surface area contributed by atoms with Crippen molar-refractivity contribution < 1.29 is 19.0 Å². The number of hydrogen-bond donors (Lipinski definition) is 2. The van der Waals surface area contributed by atoms with Gasteiger partial charge in [0, 0.05) is 26.7 Å². The van der Waals surface area contributed by atoms with Crippen LogP contribution >= 0.6 is 0 Å². The van der Waals surface area contributed by atoms with Crippen LogP contribution in [0, 0.1) is 0 Å². The molecule has 2 rings (SSSR count). The number of rotatable bonds is 6. The third-order valence-corrected chi connectivity index (χ3v) is 3.39. The van der Waals surface area contributed by atoms with Gasteiger partial charge in [0.05, 0.1) is 12.3 Å². The van der Waals surface area contributed by atoms with Crippen LogP contribution in [0.2, 0.25) is 0 Å². The maximum atomic E-state index is 11.8. The molecule has 0 spiro atoms. The molecule has 1 heterocycles. The lowest BCUT2D eigenvalue weighted by Gasteiger charge is -2.25. The summed E-state index contributed by atoms with van der Waals surface area (Å²) in [6, 6.07) is 7.07. The number of ether oxygens (including phenoxy) is 3. The van der Waals surface area contributed by atoms with Crippen molar-refractivity contribution in [3.63, 3.8) is 0 Å². The van der Waals surface area contributed by atoms with Gasteiger partial charge in [-0.2, -0.15) is 0 Å². The van der Waals surface area contributed by atoms with Gasteiger partial charge in [0.25, 0.3) is 5.91 Å². The van der Waals surface area contributed by atoms with Crippen LogP contribution < -0.4 is 15.8 Å². The monoisotopic (exact) mass is 280 g/mol. The number of nitrogens with one attached hydrogen (secondary N) is 1. The summed E-state index contributed by atoms with van der Waals surface area (Å²) >= 11 is 0. The molecule has 0 saturated carbocycles. The molecule has 1 aromatic carbocycles. The first kappa shape index (κ1) is 14.6. The molecule has 6 nitrogen and oxygen atoms in total. The van der Waals surface area contributed by atoms with Crippen LogP contribution in [0.15, 0.2) is 24.3 Å². The van der Waals surface area contributed by atoms with E-state index in [0.29, 0.717) is 31.2 Å². The summed E-state index contributed by atoms with van der Waals surface area (Å²) in [5.74, 6) is 0.296. The highest BCUT2D eigenvalue weighted by Crippen LogP contribution is 2.21. The summed E-state index contributed by atoms with van der Waals surface area (Å²) in [6.07, 6.45) is 0.774. The summed E-state index contributed by atoms with van der Waals surface area (Å²) in [5, 5.41) is 2.80. The molecule has 1 amide bonds. The second-order valence-electron chi connectivity index (χ2n) is 4.79. The Hall–Kier alpha value is -1.79. The molecular weight excluding hydrogens is 260 g/mol. The molecule has 20 heavy (non-hydrogen) atoms. The van der Waals surface area contributed by atoms with E-state index in [2.05, 4.69) is 5.32 Å². The van der Waals surface area contributed by atoms with Crippen molar-refractivity contribution in [3.05, 3.63) is 24.3 Å². The molecule has 6 heteroatoms. The minimum Gasteiger partial charge on any atom is -0.482 e. The summed E-state index contributed by atoms with van der Waals surface area (Å²) in [6.45, 7) is 1.49. The normalized spacial score (nSPS) is 21.6. The molecule has 1 aliphatic rings. The van der Waals surface area contributed by atoms with Gasteiger partial charge in [-0.25, -0.2) is 0 Å². The number of methoxy groups -OCH3 is 1. The molecular formula is C14H20N2O4. The maximum Gasteiger partial charge on any atom is 0.258 e. The molecule has 110 valence electrons. The van der Waals surface area contributed by atoms with E-state index in [1.807, 2.05) is 6.07 Å². The third kappa shape index (κ3) is 3.61. The highest BCUT2D eigenvalue weighted by molar-refractivity contribution is 5.77. The minimum absolute atomic E-state index is 0.0745. The number of nitrogen functional groups attached to an aromatic ring is 1. The Labute approximate surface area is 118 Å². The maximum absolute atomic E-state index is 11.8. The van der Waals surface area contributed by atoms with Gasteiger partial charge in [-0.1, -0.05) is 12.1 Å². The van der Waals surface area contributed by atoms with Crippen LogP contribution in [-0.4, -0.2) is 45.0 Å². The van der Waals surface area contributed by atoms with E-state index < -0.39 is 5.60 Å². The molecule has 1 aliphatic heterocycles. The SMILES string of the molecule is COC1(CNC(=O)COc2ccccc2N)CCOC1. The molecule has 0 aromatic heterocycles. The lowest BCUT2D eigenvalue weighted by atomic mass is 10.0. The molecule has 0 radical (unpaired) electrons. The number of benzene rings is 1. The summed E-state index contributed by atoms with van der Waals surface area (Å²) in [4.78, 5) is 11.8. The number of nitrogens with two attached hydrogens (primary N) is 1. The highest BCUT2D eigenvalue weighted by Gasteiger charge is 2.35. The van der Waals surface area contributed by atoms with E-state index in [-0.39, 0.29) is 12.5 Å². The average Bonchev–Trinajstić information content (AvgIpc) is 2.94. The van der Waals surface area contributed by atoms with Gasteiger partial charge in [-0.3, -0.25) is 4.79 Å². The number of hydrogen-bond acceptors (Lipinski definition) is 5. The van der Waals surface area contributed by atoms with Gasteiger partial charge in [0.15, 0.2) is 6.61 Å². The first-order valence-corrected chi connectivity index (χ1v) is 6.52. The number of carbonyl (C=O) groups is 1. The molecule has 1 aromatic rings. The van der Waals surface area contributed by atoms with Crippen molar-refractivity contribution in [2.75, 3.05) is 39.2 Å². The molecule has 3 N–H and O–H groups in total. The van der Waals surface area contributed by atoms with E-state index in [1.54, 1.807) is 25.3 Å². The van der Waals surface area contributed by atoms with Gasteiger partial charge >= 0.3 is 0 Å². The molecule has 1 saturated heterocycles. The van der Waals surface area contributed by atoms with Gasteiger partial charge in [0.2, 0.25) is 0 Å². The Morgan fingerprint density at radius 1 is 1.50 bits per heavy atom. The fourth-order valence-corrected chi connectivity index (χ4v) is 2.03. The standard InChI is InChI=1S/C14H20N2O4/c1-18-14(6-7-19-10-14)9-16-13(17)8-20-12-5-3-2-4-11(12)15/h2-5H,6-10,15H2,1H3,(H,16,17). The smallest absolute Gasteiger partial charge is 0.258 e. The Balaban J connectivity index is 1.77. The fourth-order valence-electron chi connectivity index (χ4n) is 2.03. The topological polar surface area (TPSA) is 82.8 Å². The second kappa shape index (κ2) is 6.58. The van der Waals surface area contributed by atoms with Gasteiger partial charge in [-0.05, 0) is 12.1 Å². The third-order valence-electron chi connectivity index (χ3n) is 3.39. The van der Waals surface area contributed by atoms with E-state index in [4.69, 9.17) is 19.9 Å². The molecule has 0 bridgehead atoms. The zero-order chi connectivity index (χ0) is 14.4. The average molecular weight is 280 g/mol. The molecule has 0 aliphatic carbocycles. The Morgan fingerprint density at radius 3 is 2.95 bits per heavy atom. The van der Waals surface area contributed by atoms with Gasteiger partial charge in [0.1, 0.15) is 11.4 Å². The minimum atomic E-state index is -0.415.